The summed E-state index contributed by atoms with van der Waals surface area (Å²) in [5, 5.41) is 9.91. The molecule has 0 spiro atoms. The molecule has 4 atom stereocenters. The Bertz CT molecular complexity index is 522. The summed E-state index contributed by atoms with van der Waals surface area (Å²) in [4.78, 5) is 12.0. The molecule has 0 radical (unpaired) electrons. The van der Waals surface area contributed by atoms with E-state index in [0.717, 1.165) is 19.3 Å². The maximum atomic E-state index is 12.0. The van der Waals surface area contributed by atoms with Crippen molar-refractivity contribution in [3.05, 3.63) is 35.9 Å². The first-order valence-corrected chi connectivity index (χ1v) is 7.63. The molecule has 3 nitrogen and oxygen atoms in total. The van der Waals surface area contributed by atoms with Crippen LogP contribution in [0.5, 0.6) is 0 Å². The fourth-order valence-electron chi connectivity index (χ4n) is 4.22. The lowest BCUT2D eigenvalue weighted by Crippen LogP contribution is -2.42. The number of carboxylic acids is 1. The summed E-state index contributed by atoms with van der Waals surface area (Å²) >= 11 is 0. The maximum absolute atomic E-state index is 12.0. The molecule has 0 bridgehead atoms. The zero-order chi connectivity index (χ0) is 13.7. The van der Waals surface area contributed by atoms with E-state index in [-0.39, 0.29) is 12.0 Å². The van der Waals surface area contributed by atoms with Gasteiger partial charge in [-0.05, 0) is 49.0 Å². The highest BCUT2D eigenvalue weighted by molar-refractivity contribution is 5.77. The Hall–Kier alpha value is -1.35. The largest absolute Gasteiger partial charge is 0.481 e. The van der Waals surface area contributed by atoms with Crippen molar-refractivity contribution in [2.24, 2.45) is 17.3 Å². The molecule has 1 aromatic rings. The second-order valence-corrected chi connectivity index (χ2v) is 6.58. The predicted octanol–water partition coefficient (Wildman–Crippen LogP) is 3.06. The van der Waals surface area contributed by atoms with E-state index in [1.807, 2.05) is 18.2 Å². The molecule has 106 valence electrons. The Labute approximate surface area is 118 Å². The highest BCUT2D eigenvalue weighted by Crippen LogP contribution is 2.64. The Morgan fingerprint density at radius 1 is 1.25 bits per heavy atom. The molecule has 0 aromatic heterocycles. The number of hydrogen-bond acceptors (Lipinski definition) is 2. The number of benzene rings is 1. The topological polar surface area (TPSA) is 46.5 Å². The highest BCUT2D eigenvalue weighted by Gasteiger charge is 2.66. The van der Waals surface area contributed by atoms with Crippen LogP contribution < -0.4 is 0 Å². The third kappa shape index (κ3) is 1.72. The third-order valence-electron chi connectivity index (χ3n) is 5.45. The molecule has 20 heavy (non-hydrogen) atoms. The zero-order valence-electron chi connectivity index (χ0n) is 11.5. The van der Waals surface area contributed by atoms with Gasteiger partial charge in [0, 0.05) is 6.61 Å². The van der Waals surface area contributed by atoms with Gasteiger partial charge >= 0.3 is 5.97 Å². The highest BCUT2D eigenvalue weighted by atomic mass is 16.5. The fraction of sp³-hybridized carbons (Fsp3) is 0.588. The van der Waals surface area contributed by atoms with Crippen molar-refractivity contribution in [1.82, 2.24) is 0 Å². The third-order valence-corrected chi connectivity index (χ3v) is 5.45. The average molecular weight is 272 g/mol. The fourth-order valence-corrected chi connectivity index (χ4v) is 4.22. The summed E-state index contributed by atoms with van der Waals surface area (Å²) in [5.41, 5.74) is 0.668. The minimum atomic E-state index is -0.629. The molecule has 0 amide bonds. The zero-order valence-corrected chi connectivity index (χ0v) is 11.5. The number of hydrogen-bond donors (Lipinski definition) is 1. The van der Waals surface area contributed by atoms with Gasteiger partial charge in [-0.1, -0.05) is 30.3 Å². The van der Waals surface area contributed by atoms with Gasteiger partial charge in [0.1, 0.15) is 0 Å². The predicted molar refractivity (Wildman–Crippen MR) is 74.4 cm³/mol. The SMILES string of the molecule is O=C(O)C1(C2CC2c2ccccc2)CCOC1C1CC1. The van der Waals surface area contributed by atoms with E-state index in [9.17, 15) is 9.90 Å². The first-order valence-electron chi connectivity index (χ1n) is 7.63. The summed E-state index contributed by atoms with van der Waals surface area (Å²) in [6.07, 6.45) is 3.93. The Morgan fingerprint density at radius 3 is 2.65 bits per heavy atom. The van der Waals surface area contributed by atoms with Crippen molar-refractivity contribution in [1.29, 1.82) is 0 Å². The summed E-state index contributed by atoms with van der Waals surface area (Å²) in [6.45, 7) is 0.617. The van der Waals surface area contributed by atoms with Gasteiger partial charge in [0.05, 0.1) is 11.5 Å². The molecule has 3 fully saturated rings. The van der Waals surface area contributed by atoms with Crippen molar-refractivity contribution in [2.45, 2.75) is 37.7 Å². The molecular formula is C17H20O3. The van der Waals surface area contributed by atoms with Crippen molar-refractivity contribution in [3.8, 4) is 0 Å². The molecule has 3 heteroatoms. The monoisotopic (exact) mass is 272 g/mol. The van der Waals surface area contributed by atoms with Crippen LogP contribution in [-0.2, 0) is 9.53 Å². The molecule has 1 aliphatic heterocycles. The van der Waals surface area contributed by atoms with Crippen LogP contribution in [0.4, 0.5) is 0 Å². The van der Waals surface area contributed by atoms with Gasteiger partial charge < -0.3 is 9.84 Å². The second kappa shape index (κ2) is 4.32. The van der Waals surface area contributed by atoms with Crippen LogP contribution in [0.3, 0.4) is 0 Å². The Balaban J connectivity index is 1.63. The van der Waals surface area contributed by atoms with E-state index in [4.69, 9.17) is 4.74 Å². The van der Waals surface area contributed by atoms with Crippen molar-refractivity contribution < 1.29 is 14.6 Å². The standard InChI is InChI=1S/C17H20O3/c18-16(19)17(8-9-20-15(17)12-6-7-12)14-10-13(14)11-4-2-1-3-5-11/h1-5,12-15H,6-10H2,(H,18,19). The van der Waals surface area contributed by atoms with Crippen LogP contribution in [-0.4, -0.2) is 23.8 Å². The first-order chi connectivity index (χ1) is 9.73. The first kappa shape index (κ1) is 12.4. The lowest BCUT2D eigenvalue weighted by molar-refractivity contribution is -0.155. The van der Waals surface area contributed by atoms with Crippen LogP contribution in [0.1, 0.15) is 37.2 Å². The molecule has 1 aromatic carbocycles. The molecule has 2 aliphatic carbocycles. The minimum Gasteiger partial charge on any atom is -0.481 e. The molecule has 4 unspecified atom stereocenters. The van der Waals surface area contributed by atoms with Gasteiger partial charge in [-0.3, -0.25) is 4.79 Å². The molecular weight excluding hydrogens is 252 g/mol. The lowest BCUT2D eigenvalue weighted by Gasteiger charge is -2.30. The quantitative estimate of drug-likeness (QED) is 0.916. The van der Waals surface area contributed by atoms with E-state index in [0.29, 0.717) is 24.9 Å². The average Bonchev–Trinajstić information content (AvgIpc) is 3.38. The Kier molecular flexibility index (Phi) is 2.68. The summed E-state index contributed by atoms with van der Waals surface area (Å²) < 4.78 is 5.86. The van der Waals surface area contributed by atoms with E-state index < -0.39 is 11.4 Å². The van der Waals surface area contributed by atoms with Crippen molar-refractivity contribution in [2.75, 3.05) is 6.61 Å². The molecule has 1 heterocycles. The van der Waals surface area contributed by atoms with Gasteiger partial charge in [0.15, 0.2) is 0 Å². The van der Waals surface area contributed by atoms with Gasteiger partial charge in [-0.2, -0.15) is 0 Å². The summed E-state index contributed by atoms with van der Waals surface area (Å²) in [7, 11) is 0. The molecule has 2 saturated carbocycles. The van der Waals surface area contributed by atoms with Crippen LogP contribution in [0.25, 0.3) is 0 Å². The van der Waals surface area contributed by atoms with Gasteiger partial charge in [-0.15, -0.1) is 0 Å². The van der Waals surface area contributed by atoms with Crippen molar-refractivity contribution in [3.63, 3.8) is 0 Å². The van der Waals surface area contributed by atoms with Gasteiger partial charge in [-0.25, -0.2) is 0 Å². The number of aliphatic carboxylic acids is 1. The minimum absolute atomic E-state index is 0.0429. The van der Waals surface area contributed by atoms with Crippen LogP contribution in [0.15, 0.2) is 30.3 Å². The van der Waals surface area contributed by atoms with Crippen LogP contribution in [0.2, 0.25) is 0 Å². The second-order valence-electron chi connectivity index (χ2n) is 6.58. The molecule has 4 rings (SSSR count). The van der Waals surface area contributed by atoms with E-state index >= 15 is 0 Å². The Morgan fingerprint density at radius 2 is 2.00 bits per heavy atom. The van der Waals surface area contributed by atoms with E-state index in [2.05, 4.69) is 12.1 Å². The normalized spacial score (nSPS) is 39.7. The number of rotatable bonds is 4. The smallest absolute Gasteiger partial charge is 0.312 e. The number of carbonyl (C=O) groups is 1. The van der Waals surface area contributed by atoms with Gasteiger partial charge in [0.2, 0.25) is 0 Å². The van der Waals surface area contributed by atoms with Crippen LogP contribution >= 0.6 is 0 Å². The van der Waals surface area contributed by atoms with Crippen molar-refractivity contribution >= 4 is 5.97 Å². The van der Waals surface area contributed by atoms with E-state index in [1.165, 1.54) is 5.56 Å². The molecule has 1 N–H and O–H groups in total. The van der Waals surface area contributed by atoms with Crippen LogP contribution in [0, 0.1) is 17.3 Å². The maximum Gasteiger partial charge on any atom is 0.312 e. The summed E-state index contributed by atoms with van der Waals surface area (Å²) in [6, 6.07) is 10.4. The number of ether oxygens (including phenoxy) is 1. The molecule has 1 saturated heterocycles. The van der Waals surface area contributed by atoms with Gasteiger partial charge in [0.25, 0.3) is 0 Å². The summed E-state index contributed by atoms with van der Waals surface area (Å²) in [5.74, 6) is 0.534. The molecule has 3 aliphatic rings. The number of carboxylic acid groups (broad SMARTS) is 1. The van der Waals surface area contributed by atoms with E-state index in [1.54, 1.807) is 0 Å². The lowest BCUT2D eigenvalue weighted by atomic mass is 9.73.